The first-order valence-electron chi connectivity index (χ1n) is 6.45. The van der Waals surface area contributed by atoms with E-state index in [4.69, 9.17) is 10.5 Å². The minimum Gasteiger partial charge on any atom is -0.398 e. The van der Waals surface area contributed by atoms with E-state index in [0.717, 1.165) is 12.1 Å². The number of hydrogen-bond acceptors (Lipinski definition) is 4. The van der Waals surface area contributed by atoms with Crippen molar-refractivity contribution < 1.29 is 17.5 Å². The molecule has 1 rings (SSSR count). The van der Waals surface area contributed by atoms with Gasteiger partial charge in [0.1, 0.15) is 10.7 Å². The topological polar surface area (TPSA) is 81.4 Å². The standard InChI is InChI=1S/C13H21FN2O3S/c1-10(2)9-19-7-3-6-16-20(17,18)13-8-11(14)4-5-12(13)15/h4-5,8,10,16H,3,6-7,9,15H2,1-2H3. The van der Waals surface area contributed by atoms with Crippen LogP contribution in [0.2, 0.25) is 0 Å². The first-order valence-corrected chi connectivity index (χ1v) is 7.93. The van der Waals surface area contributed by atoms with Crippen molar-refractivity contribution in [2.24, 2.45) is 5.92 Å². The average Bonchev–Trinajstić information content (AvgIpc) is 2.36. The SMILES string of the molecule is CC(C)COCCCNS(=O)(=O)c1cc(F)ccc1N. The van der Waals surface area contributed by atoms with Crippen LogP contribution in [0.3, 0.4) is 0 Å². The molecule has 20 heavy (non-hydrogen) atoms. The molecule has 0 bridgehead atoms. The van der Waals surface area contributed by atoms with Gasteiger partial charge in [-0.05, 0) is 30.5 Å². The van der Waals surface area contributed by atoms with E-state index in [1.54, 1.807) is 0 Å². The summed E-state index contributed by atoms with van der Waals surface area (Å²) in [6.45, 7) is 5.41. The van der Waals surface area contributed by atoms with Crippen molar-refractivity contribution in [1.82, 2.24) is 4.72 Å². The molecule has 0 saturated carbocycles. The lowest BCUT2D eigenvalue weighted by Gasteiger charge is -2.10. The lowest BCUT2D eigenvalue weighted by molar-refractivity contribution is 0.108. The summed E-state index contributed by atoms with van der Waals surface area (Å²) < 4.78 is 44.7. The minimum absolute atomic E-state index is 0.0231. The third kappa shape index (κ3) is 5.44. The molecular formula is C13H21FN2O3S. The van der Waals surface area contributed by atoms with Crippen LogP contribution >= 0.6 is 0 Å². The van der Waals surface area contributed by atoms with Gasteiger partial charge in [0.25, 0.3) is 0 Å². The average molecular weight is 304 g/mol. The van der Waals surface area contributed by atoms with Gasteiger partial charge in [-0.15, -0.1) is 0 Å². The van der Waals surface area contributed by atoms with E-state index in [-0.39, 0.29) is 17.1 Å². The number of anilines is 1. The molecule has 3 N–H and O–H groups in total. The molecule has 0 aliphatic heterocycles. The molecule has 7 heteroatoms. The van der Waals surface area contributed by atoms with Crippen LogP contribution in [-0.2, 0) is 14.8 Å². The Bertz CT molecular complexity index is 532. The lowest BCUT2D eigenvalue weighted by atomic mass is 10.2. The molecule has 1 aromatic rings. The smallest absolute Gasteiger partial charge is 0.242 e. The van der Waals surface area contributed by atoms with Crippen LogP contribution in [0.4, 0.5) is 10.1 Å². The second-order valence-corrected chi connectivity index (χ2v) is 6.64. The van der Waals surface area contributed by atoms with Crippen LogP contribution < -0.4 is 10.5 Å². The summed E-state index contributed by atoms with van der Waals surface area (Å²) in [7, 11) is -3.79. The summed E-state index contributed by atoms with van der Waals surface area (Å²) in [5, 5.41) is 0. The number of rotatable bonds is 8. The molecule has 0 atom stereocenters. The van der Waals surface area contributed by atoms with Crippen LogP contribution in [0.5, 0.6) is 0 Å². The van der Waals surface area contributed by atoms with Crippen molar-refractivity contribution in [3.63, 3.8) is 0 Å². The third-order valence-corrected chi connectivity index (χ3v) is 3.99. The van der Waals surface area contributed by atoms with Crippen molar-refractivity contribution in [2.75, 3.05) is 25.5 Å². The molecule has 0 unspecified atom stereocenters. The second kappa shape index (κ2) is 7.56. The quantitative estimate of drug-likeness (QED) is 0.566. The summed E-state index contributed by atoms with van der Waals surface area (Å²) in [6.07, 6.45) is 0.543. The molecule has 0 amide bonds. The first kappa shape index (κ1) is 16.9. The highest BCUT2D eigenvalue weighted by Crippen LogP contribution is 2.18. The Morgan fingerprint density at radius 1 is 1.40 bits per heavy atom. The molecule has 0 radical (unpaired) electrons. The fraction of sp³-hybridized carbons (Fsp3) is 0.538. The van der Waals surface area contributed by atoms with Crippen LogP contribution in [-0.4, -0.2) is 28.2 Å². The minimum atomic E-state index is -3.79. The number of hydrogen-bond donors (Lipinski definition) is 2. The highest BCUT2D eigenvalue weighted by atomic mass is 32.2. The molecular weight excluding hydrogens is 283 g/mol. The molecule has 114 valence electrons. The van der Waals surface area contributed by atoms with Gasteiger partial charge in [-0.3, -0.25) is 0 Å². The Kier molecular flexibility index (Phi) is 6.38. The van der Waals surface area contributed by atoms with Gasteiger partial charge in [-0.1, -0.05) is 13.8 Å². The Balaban J connectivity index is 2.48. The van der Waals surface area contributed by atoms with E-state index in [2.05, 4.69) is 4.72 Å². The van der Waals surface area contributed by atoms with E-state index in [0.29, 0.717) is 25.6 Å². The van der Waals surface area contributed by atoms with Gasteiger partial charge >= 0.3 is 0 Å². The number of benzene rings is 1. The first-order chi connectivity index (χ1) is 9.33. The van der Waals surface area contributed by atoms with Gasteiger partial charge in [0.2, 0.25) is 10.0 Å². The molecule has 0 aliphatic carbocycles. The van der Waals surface area contributed by atoms with Gasteiger partial charge in [0.05, 0.1) is 5.69 Å². The number of halogens is 1. The molecule has 0 fully saturated rings. The zero-order valence-corrected chi connectivity index (χ0v) is 12.5. The molecule has 0 spiro atoms. The highest BCUT2D eigenvalue weighted by molar-refractivity contribution is 7.89. The van der Waals surface area contributed by atoms with Gasteiger partial charge in [-0.2, -0.15) is 0 Å². The van der Waals surface area contributed by atoms with E-state index in [1.807, 2.05) is 13.8 Å². The Hall–Kier alpha value is -1.18. The van der Waals surface area contributed by atoms with Crippen LogP contribution in [0.25, 0.3) is 0 Å². The number of sulfonamides is 1. The number of nitrogen functional groups attached to an aromatic ring is 1. The third-order valence-electron chi connectivity index (χ3n) is 2.47. The highest BCUT2D eigenvalue weighted by Gasteiger charge is 2.17. The second-order valence-electron chi connectivity index (χ2n) is 4.90. The summed E-state index contributed by atoms with van der Waals surface area (Å²) in [4.78, 5) is -0.236. The van der Waals surface area contributed by atoms with Crippen molar-refractivity contribution in [2.45, 2.75) is 25.2 Å². The number of nitrogens with one attached hydrogen (secondary N) is 1. The van der Waals surface area contributed by atoms with Gasteiger partial charge in [-0.25, -0.2) is 17.5 Å². The van der Waals surface area contributed by atoms with E-state index >= 15 is 0 Å². The molecule has 0 saturated heterocycles. The number of ether oxygens (including phenoxy) is 1. The summed E-state index contributed by atoms with van der Waals surface area (Å²) in [6, 6.07) is 3.26. The summed E-state index contributed by atoms with van der Waals surface area (Å²) in [5.41, 5.74) is 5.57. The normalized spacial score (nSPS) is 12.0. The molecule has 1 aromatic carbocycles. The molecule has 0 heterocycles. The fourth-order valence-corrected chi connectivity index (χ4v) is 2.73. The fourth-order valence-electron chi connectivity index (χ4n) is 1.52. The van der Waals surface area contributed by atoms with Crippen LogP contribution in [0, 0.1) is 11.7 Å². The lowest BCUT2D eigenvalue weighted by Crippen LogP contribution is -2.26. The van der Waals surface area contributed by atoms with Gasteiger partial charge < -0.3 is 10.5 Å². The Morgan fingerprint density at radius 3 is 2.75 bits per heavy atom. The van der Waals surface area contributed by atoms with Crippen LogP contribution in [0.1, 0.15) is 20.3 Å². The Morgan fingerprint density at radius 2 is 2.10 bits per heavy atom. The molecule has 0 aliphatic rings. The summed E-state index contributed by atoms with van der Waals surface area (Å²) in [5.74, 6) is -0.196. The number of nitrogens with two attached hydrogens (primary N) is 1. The molecule has 0 aromatic heterocycles. The monoisotopic (exact) mass is 304 g/mol. The maximum absolute atomic E-state index is 13.1. The predicted octanol–water partition coefficient (Wildman–Crippen LogP) is 1.75. The zero-order valence-electron chi connectivity index (χ0n) is 11.7. The maximum Gasteiger partial charge on any atom is 0.242 e. The largest absolute Gasteiger partial charge is 0.398 e. The van der Waals surface area contributed by atoms with Crippen molar-refractivity contribution in [1.29, 1.82) is 0 Å². The van der Waals surface area contributed by atoms with E-state index < -0.39 is 15.8 Å². The van der Waals surface area contributed by atoms with Crippen LogP contribution in [0.15, 0.2) is 23.1 Å². The Labute approximate surface area is 119 Å². The predicted molar refractivity (Wildman–Crippen MR) is 76.3 cm³/mol. The van der Waals surface area contributed by atoms with E-state index in [1.165, 1.54) is 6.07 Å². The zero-order chi connectivity index (χ0) is 15.2. The van der Waals surface area contributed by atoms with Crippen molar-refractivity contribution in [3.05, 3.63) is 24.0 Å². The van der Waals surface area contributed by atoms with Crippen molar-refractivity contribution >= 4 is 15.7 Å². The maximum atomic E-state index is 13.1. The van der Waals surface area contributed by atoms with E-state index in [9.17, 15) is 12.8 Å². The molecule has 5 nitrogen and oxygen atoms in total. The van der Waals surface area contributed by atoms with Crippen molar-refractivity contribution in [3.8, 4) is 0 Å². The van der Waals surface area contributed by atoms with Gasteiger partial charge in [0, 0.05) is 19.8 Å². The van der Waals surface area contributed by atoms with Gasteiger partial charge in [0.15, 0.2) is 0 Å². The summed E-state index contributed by atoms with van der Waals surface area (Å²) >= 11 is 0.